The number of hydrogen-bond donors (Lipinski definition) is 0. The lowest BCUT2D eigenvalue weighted by Crippen LogP contribution is -2.02. The molecule has 0 aliphatic carbocycles. The van der Waals surface area contributed by atoms with Gasteiger partial charge in [-0.15, -0.1) is 0 Å². The van der Waals surface area contributed by atoms with Gasteiger partial charge < -0.3 is 9.47 Å². The molecule has 0 radical (unpaired) electrons. The minimum Gasteiger partial charge on any atom is -0.489 e. The maximum atomic E-state index is 13.9. The molecular weight excluding hydrogens is 271 g/mol. The van der Waals surface area contributed by atoms with Crippen molar-refractivity contribution in [1.29, 1.82) is 0 Å². The maximum Gasteiger partial charge on any atom is 0.258 e. The van der Waals surface area contributed by atoms with Crippen LogP contribution in [0.15, 0.2) is 55.8 Å². The zero-order valence-corrected chi connectivity index (χ0v) is 11.5. The topological polar surface area (TPSA) is 44.2 Å². The zero-order chi connectivity index (χ0) is 15.1. The summed E-state index contributed by atoms with van der Waals surface area (Å²) in [6.07, 6.45) is 4.45. The number of rotatable bonds is 7. The van der Waals surface area contributed by atoms with Gasteiger partial charge in [-0.2, -0.15) is 9.37 Å². The third-order valence-electron chi connectivity index (χ3n) is 2.55. The second-order valence-corrected chi connectivity index (χ2v) is 4.04. The van der Waals surface area contributed by atoms with Crippen LogP contribution in [0.5, 0.6) is 11.5 Å². The largest absolute Gasteiger partial charge is 0.489 e. The van der Waals surface area contributed by atoms with E-state index in [9.17, 15) is 4.39 Å². The lowest BCUT2D eigenvalue weighted by molar-refractivity contribution is 0.333. The molecule has 1 heterocycles. The molecule has 5 heteroatoms. The lowest BCUT2D eigenvalue weighted by Gasteiger charge is -2.10. The van der Waals surface area contributed by atoms with E-state index >= 15 is 0 Å². The molecule has 0 saturated carbocycles. The molecule has 21 heavy (non-hydrogen) atoms. The van der Waals surface area contributed by atoms with E-state index in [0.717, 1.165) is 0 Å². The molecule has 1 aromatic carbocycles. The minimum absolute atomic E-state index is 0.0110. The Balaban J connectivity index is 2.31. The van der Waals surface area contributed by atoms with Crippen molar-refractivity contribution in [3.63, 3.8) is 0 Å². The number of aromatic nitrogens is 2. The van der Waals surface area contributed by atoms with E-state index in [1.807, 2.05) is 6.07 Å². The summed E-state index contributed by atoms with van der Waals surface area (Å²) in [6, 6.07) is 7.15. The van der Waals surface area contributed by atoms with Crippen LogP contribution in [0, 0.1) is 5.95 Å². The Kier molecular flexibility index (Phi) is 5.04. The molecule has 0 aliphatic rings. The predicted molar refractivity (Wildman–Crippen MR) is 78.8 cm³/mol. The molecule has 108 valence electrons. The van der Waals surface area contributed by atoms with Gasteiger partial charge in [0.05, 0.1) is 11.8 Å². The minimum atomic E-state index is -0.722. The van der Waals surface area contributed by atoms with Gasteiger partial charge in [0, 0.05) is 0 Å². The van der Waals surface area contributed by atoms with Crippen molar-refractivity contribution in [2.75, 3.05) is 13.2 Å². The zero-order valence-electron chi connectivity index (χ0n) is 11.5. The first kappa shape index (κ1) is 14.7. The van der Waals surface area contributed by atoms with E-state index in [-0.39, 0.29) is 18.2 Å². The predicted octanol–water partition coefficient (Wildman–Crippen LogP) is 3.41. The van der Waals surface area contributed by atoms with Gasteiger partial charge in [-0.3, -0.25) is 0 Å². The summed E-state index contributed by atoms with van der Waals surface area (Å²) < 4.78 is 24.5. The van der Waals surface area contributed by atoms with E-state index < -0.39 is 5.95 Å². The molecule has 0 amide bonds. The van der Waals surface area contributed by atoms with Crippen LogP contribution in [0.25, 0.3) is 11.4 Å². The normalized spacial score (nSPS) is 9.95. The second kappa shape index (κ2) is 7.19. The van der Waals surface area contributed by atoms with E-state index in [1.54, 1.807) is 24.3 Å². The third kappa shape index (κ3) is 3.66. The average molecular weight is 286 g/mol. The summed E-state index contributed by atoms with van der Waals surface area (Å²) in [6.45, 7) is 7.63. The first-order chi connectivity index (χ1) is 10.3. The van der Waals surface area contributed by atoms with Crippen LogP contribution < -0.4 is 9.47 Å². The summed E-state index contributed by atoms with van der Waals surface area (Å²) in [5.74, 6) is 0.0678. The highest BCUT2D eigenvalue weighted by molar-refractivity contribution is 5.63. The highest BCUT2D eigenvalue weighted by atomic mass is 19.1. The quantitative estimate of drug-likeness (QED) is 0.578. The molecule has 2 aromatic rings. The Morgan fingerprint density at radius 2 is 1.71 bits per heavy atom. The van der Waals surface area contributed by atoms with Gasteiger partial charge in [0.1, 0.15) is 19.0 Å². The second-order valence-electron chi connectivity index (χ2n) is 4.04. The van der Waals surface area contributed by atoms with Crippen molar-refractivity contribution in [2.45, 2.75) is 0 Å². The molecule has 0 N–H and O–H groups in total. The fraction of sp³-hybridized carbons (Fsp3) is 0.125. The fourth-order valence-electron chi connectivity index (χ4n) is 1.65. The Labute approximate surface area is 122 Å². The first-order valence-electron chi connectivity index (χ1n) is 6.35. The highest BCUT2D eigenvalue weighted by Crippen LogP contribution is 2.28. The molecule has 0 bridgehead atoms. The van der Waals surface area contributed by atoms with Crippen molar-refractivity contribution in [1.82, 2.24) is 9.97 Å². The molecule has 0 spiro atoms. The monoisotopic (exact) mass is 286 g/mol. The number of nitrogens with zero attached hydrogens (tertiary/aromatic N) is 2. The summed E-state index contributed by atoms with van der Waals surface area (Å²) in [5.41, 5.74) is 0.605. The molecule has 0 fully saturated rings. The summed E-state index contributed by atoms with van der Waals surface area (Å²) in [5, 5.41) is 0. The Morgan fingerprint density at radius 3 is 2.38 bits per heavy atom. The number of ether oxygens (including phenoxy) is 2. The van der Waals surface area contributed by atoms with Crippen molar-refractivity contribution in [3.05, 3.63) is 61.7 Å². The van der Waals surface area contributed by atoms with Crippen molar-refractivity contribution >= 4 is 0 Å². The summed E-state index contributed by atoms with van der Waals surface area (Å²) in [7, 11) is 0. The van der Waals surface area contributed by atoms with Gasteiger partial charge in [-0.1, -0.05) is 37.4 Å². The smallest absolute Gasteiger partial charge is 0.258 e. The maximum absolute atomic E-state index is 13.9. The first-order valence-corrected chi connectivity index (χ1v) is 6.35. The van der Waals surface area contributed by atoms with Gasteiger partial charge in [0.15, 0.2) is 11.6 Å². The van der Waals surface area contributed by atoms with Gasteiger partial charge in [-0.05, 0) is 12.1 Å². The fourth-order valence-corrected chi connectivity index (χ4v) is 1.65. The van der Waals surface area contributed by atoms with E-state index in [4.69, 9.17) is 9.47 Å². The molecule has 0 atom stereocenters. The van der Waals surface area contributed by atoms with E-state index in [1.165, 1.54) is 12.3 Å². The van der Waals surface area contributed by atoms with Crippen LogP contribution in [0.3, 0.4) is 0 Å². The Bertz CT molecular complexity index is 644. The molecule has 2 rings (SSSR count). The summed E-state index contributed by atoms with van der Waals surface area (Å²) >= 11 is 0. The van der Waals surface area contributed by atoms with Crippen molar-refractivity contribution in [3.8, 4) is 22.9 Å². The van der Waals surface area contributed by atoms with Crippen LogP contribution in [0.4, 0.5) is 4.39 Å². The number of halogens is 1. The Morgan fingerprint density at radius 1 is 1.05 bits per heavy atom. The van der Waals surface area contributed by atoms with Crippen molar-refractivity contribution in [2.24, 2.45) is 0 Å². The Hall–Kier alpha value is -2.69. The highest BCUT2D eigenvalue weighted by Gasteiger charge is 2.12. The molecular formula is C16H15FN2O2. The summed E-state index contributed by atoms with van der Waals surface area (Å²) in [4.78, 5) is 7.94. The van der Waals surface area contributed by atoms with Gasteiger partial charge >= 0.3 is 0 Å². The van der Waals surface area contributed by atoms with Gasteiger partial charge in [0.25, 0.3) is 5.95 Å². The SMILES string of the molecule is C=CCOc1ccccc1-c1ncc(OCC=C)c(F)n1. The third-order valence-corrected chi connectivity index (χ3v) is 2.55. The van der Waals surface area contributed by atoms with Crippen LogP contribution in [0.1, 0.15) is 0 Å². The number of hydrogen-bond acceptors (Lipinski definition) is 4. The van der Waals surface area contributed by atoms with Crippen LogP contribution in [0.2, 0.25) is 0 Å². The molecule has 4 nitrogen and oxygen atoms in total. The standard InChI is InChI=1S/C16H15FN2O2/c1-3-9-20-13-8-6-5-7-12(13)16-18-11-14(15(17)19-16)21-10-4-2/h3-8,11H,1-2,9-10H2. The van der Waals surface area contributed by atoms with E-state index in [2.05, 4.69) is 23.1 Å². The number of para-hydroxylation sites is 1. The molecule has 1 aromatic heterocycles. The van der Waals surface area contributed by atoms with Crippen LogP contribution >= 0.6 is 0 Å². The van der Waals surface area contributed by atoms with Crippen LogP contribution in [-0.2, 0) is 0 Å². The van der Waals surface area contributed by atoms with Gasteiger partial charge in [-0.25, -0.2) is 4.98 Å². The number of benzene rings is 1. The molecule has 0 aliphatic heterocycles. The van der Waals surface area contributed by atoms with Crippen LogP contribution in [-0.4, -0.2) is 23.2 Å². The van der Waals surface area contributed by atoms with Gasteiger partial charge in [0.2, 0.25) is 0 Å². The van der Waals surface area contributed by atoms with Crippen molar-refractivity contribution < 1.29 is 13.9 Å². The molecule has 0 saturated heterocycles. The van der Waals surface area contributed by atoms with E-state index in [0.29, 0.717) is 17.9 Å². The lowest BCUT2D eigenvalue weighted by atomic mass is 10.2. The average Bonchev–Trinajstić information content (AvgIpc) is 2.52. The molecule has 0 unspecified atom stereocenters.